The highest BCUT2D eigenvalue weighted by molar-refractivity contribution is 9.10. The minimum Gasteiger partial charge on any atom is -0.496 e. The number of likely N-dealkylation sites (tertiary alicyclic amines) is 1. The standard InChI is InChI=1S/C14H19BrN2O2.ClH/c1-19-13-7-11(15)4-5-12(13)14(18)17-6-2-3-10(8-16)9-17;/h4-5,7,10H,2-3,6,8-9,16H2,1H3;1H. The lowest BCUT2D eigenvalue weighted by Gasteiger charge is -2.32. The maximum Gasteiger partial charge on any atom is 0.257 e. The summed E-state index contributed by atoms with van der Waals surface area (Å²) < 4.78 is 6.19. The highest BCUT2D eigenvalue weighted by Crippen LogP contribution is 2.26. The average Bonchev–Trinajstić information content (AvgIpc) is 2.46. The highest BCUT2D eigenvalue weighted by Gasteiger charge is 2.25. The number of piperidine rings is 1. The fourth-order valence-corrected chi connectivity index (χ4v) is 2.79. The van der Waals surface area contributed by atoms with Crippen LogP contribution in [-0.2, 0) is 0 Å². The second kappa shape index (κ2) is 7.86. The molecule has 1 atom stereocenters. The molecule has 1 amide bonds. The molecule has 0 bridgehead atoms. The van der Waals surface area contributed by atoms with Gasteiger partial charge in [0.25, 0.3) is 5.91 Å². The molecule has 1 aromatic rings. The van der Waals surface area contributed by atoms with E-state index in [1.54, 1.807) is 13.2 Å². The molecule has 1 fully saturated rings. The molecule has 0 aromatic heterocycles. The molecule has 1 aliphatic heterocycles. The van der Waals surface area contributed by atoms with Crippen molar-refractivity contribution in [2.75, 3.05) is 26.7 Å². The van der Waals surface area contributed by atoms with Crippen molar-refractivity contribution in [2.24, 2.45) is 11.7 Å². The summed E-state index contributed by atoms with van der Waals surface area (Å²) in [5.41, 5.74) is 6.33. The molecule has 6 heteroatoms. The Morgan fingerprint density at radius 2 is 2.30 bits per heavy atom. The van der Waals surface area contributed by atoms with E-state index < -0.39 is 0 Å². The number of halogens is 2. The van der Waals surface area contributed by atoms with Gasteiger partial charge in [-0.2, -0.15) is 0 Å². The molecule has 4 nitrogen and oxygen atoms in total. The van der Waals surface area contributed by atoms with Crippen LogP contribution in [0.1, 0.15) is 23.2 Å². The predicted octanol–water partition coefficient (Wildman–Crippen LogP) is 2.69. The lowest BCUT2D eigenvalue weighted by atomic mass is 9.97. The number of benzene rings is 1. The van der Waals surface area contributed by atoms with Crippen molar-refractivity contribution in [1.29, 1.82) is 0 Å². The van der Waals surface area contributed by atoms with E-state index in [-0.39, 0.29) is 18.3 Å². The predicted molar refractivity (Wildman–Crippen MR) is 85.6 cm³/mol. The van der Waals surface area contributed by atoms with Gasteiger partial charge in [0.2, 0.25) is 0 Å². The number of methoxy groups -OCH3 is 1. The zero-order valence-electron chi connectivity index (χ0n) is 11.5. The molecule has 0 radical (unpaired) electrons. The molecule has 0 spiro atoms. The van der Waals surface area contributed by atoms with Crippen LogP contribution in [0.3, 0.4) is 0 Å². The van der Waals surface area contributed by atoms with Gasteiger partial charge in [-0.05, 0) is 43.5 Å². The Labute approximate surface area is 134 Å². The van der Waals surface area contributed by atoms with E-state index in [2.05, 4.69) is 15.9 Å². The Hall–Kier alpha value is -0.780. The van der Waals surface area contributed by atoms with Crippen LogP contribution in [0, 0.1) is 5.92 Å². The Morgan fingerprint density at radius 1 is 1.55 bits per heavy atom. The zero-order valence-corrected chi connectivity index (χ0v) is 13.9. The van der Waals surface area contributed by atoms with Crippen molar-refractivity contribution in [3.05, 3.63) is 28.2 Å². The monoisotopic (exact) mass is 362 g/mol. The van der Waals surface area contributed by atoms with Gasteiger partial charge in [-0.25, -0.2) is 0 Å². The number of nitrogens with two attached hydrogens (primary N) is 1. The van der Waals surface area contributed by atoms with Crippen LogP contribution < -0.4 is 10.5 Å². The first-order valence-corrected chi connectivity index (χ1v) is 7.28. The van der Waals surface area contributed by atoms with Crippen LogP contribution >= 0.6 is 28.3 Å². The number of hydrogen-bond donors (Lipinski definition) is 1. The van der Waals surface area contributed by atoms with Gasteiger partial charge in [-0.1, -0.05) is 15.9 Å². The summed E-state index contributed by atoms with van der Waals surface area (Å²) >= 11 is 3.38. The number of carbonyl (C=O) groups excluding carboxylic acids is 1. The second-order valence-electron chi connectivity index (χ2n) is 4.84. The van der Waals surface area contributed by atoms with E-state index in [0.29, 0.717) is 23.8 Å². The SMILES string of the molecule is COc1cc(Br)ccc1C(=O)N1CCCC(CN)C1.Cl. The number of hydrogen-bond acceptors (Lipinski definition) is 3. The zero-order chi connectivity index (χ0) is 13.8. The van der Waals surface area contributed by atoms with Gasteiger partial charge < -0.3 is 15.4 Å². The molecule has 2 N–H and O–H groups in total. The van der Waals surface area contributed by atoms with Gasteiger partial charge in [0.05, 0.1) is 12.7 Å². The van der Waals surface area contributed by atoms with Gasteiger partial charge in [0.1, 0.15) is 5.75 Å². The first-order valence-electron chi connectivity index (χ1n) is 6.48. The van der Waals surface area contributed by atoms with Crippen molar-refractivity contribution < 1.29 is 9.53 Å². The van der Waals surface area contributed by atoms with Gasteiger partial charge in [0.15, 0.2) is 0 Å². The summed E-state index contributed by atoms with van der Waals surface area (Å²) in [7, 11) is 1.58. The summed E-state index contributed by atoms with van der Waals surface area (Å²) in [5, 5.41) is 0. The van der Waals surface area contributed by atoms with Crippen LogP contribution in [0.15, 0.2) is 22.7 Å². The lowest BCUT2D eigenvalue weighted by Crippen LogP contribution is -2.42. The van der Waals surface area contributed by atoms with Gasteiger partial charge >= 0.3 is 0 Å². The summed E-state index contributed by atoms with van der Waals surface area (Å²) in [6, 6.07) is 5.48. The maximum atomic E-state index is 12.5. The number of rotatable bonds is 3. The van der Waals surface area contributed by atoms with Crippen molar-refractivity contribution in [2.45, 2.75) is 12.8 Å². The number of amides is 1. The summed E-state index contributed by atoms with van der Waals surface area (Å²) in [5.74, 6) is 1.05. The fraction of sp³-hybridized carbons (Fsp3) is 0.500. The van der Waals surface area contributed by atoms with Crippen LogP contribution in [0.2, 0.25) is 0 Å². The van der Waals surface area contributed by atoms with E-state index in [0.717, 1.165) is 30.4 Å². The van der Waals surface area contributed by atoms with E-state index in [4.69, 9.17) is 10.5 Å². The van der Waals surface area contributed by atoms with E-state index >= 15 is 0 Å². The molecule has 20 heavy (non-hydrogen) atoms. The average molecular weight is 364 g/mol. The van der Waals surface area contributed by atoms with Crippen molar-refractivity contribution in [3.63, 3.8) is 0 Å². The first kappa shape index (κ1) is 17.3. The third kappa shape index (κ3) is 3.87. The highest BCUT2D eigenvalue weighted by atomic mass is 79.9. The minimum atomic E-state index is 0. The Bertz CT molecular complexity index is 470. The number of carbonyl (C=O) groups is 1. The normalized spacial score (nSPS) is 18.4. The lowest BCUT2D eigenvalue weighted by molar-refractivity contribution is 0.0675. The first-order chi connectivity index (χ1) is 9.15. The largest absolute Gasteiger partial charge is 0.496 e. The molecule has 112 valence electrons. The molecule has 1 saturated heterocycles. The van der Waals surface area contributed by atoms with Crippen LogP contribution in [0.25, 0.3) is 0 Å². The fourth-order valence-electron chi connectivity index (χ4n) is 2.45. The minimum absolute atomic E-state index is 0. The molecule has 1 aromatic carbocycles. The third-order valence-electron chi connectivity index (χ3n) is 3.53. The molecular formula is C14H20BrClN2O2. The molecule has 0 aliphatic carbocycles. The number of nitrogens with zero attached hydrogens (tertiary/aromatic N) is 1. The van der Waals surface area contributed by atoms with Crippen LogP contribution in [0.4, 0.5) is 0 Å². The Balaban J connectivity index is 0.00000200. The van der Waals surface area contributed by atoms with Gasteiger partial charge in [-0.15, -0.1) is 12.4 Å². The number of ether oxygens (including phenoxy) is 1. The van der Waals surface area contributed by atoms with E-state index in [1.165, 1.54) is 0 Å². The second-order valence-corrected chi connectivity index (χ2v) is 5.76. The Kier molecular flexibility index (Phi) is 6.79. The van der Waals surface area contributed by atoms with Crippen molar-refractivity contribution in [3.8, 4) is 5.75 Å². The van der Waals surface area contributed by atoms with E-state index in [9.17, 15) is 4.79 Å². The smallest absolute Gasteiger partial charge is 0.257 e. The maximum absolute atomic E-state index is 12.5. The molecule has 1 aliphatic rings. The molecule has 0 saturated carbocycles. The van der Waals surface area contributed by atoms with Gasteiger partial charge in [-0.3, -0.25) is 4.79 Å². The van der Waals surface area contributed by atoms with Crippen LogP contribution in [-0.4, -0.2) is 37.6 Å². The topological polar surface area (TPSA) is 55.6 Å². The van der Waals surface area contributed by atoms with Crippen molar-refractivity contribution in [1.82, 2.24) is 4.90 Å². The molecule has 2 rings (SSSR count). The summed E-state index contributed by atoms with van der Waals surface area (Å²) in [4.78, 5) is 14.4. The summed E-state index contributed by atoms with van der Waals surface area (Å²) in [6.07, 6.45) is 2.13. The van der Waals surface area contributed by atoms with E-state index in [1.807, 2.05) is 17.0 Å². The Morgan fingerprint density at radius 3 is 2.95 bits per heavy atom. The molecular weight excluding hydrogens is 344 g/mol. The third-order valence-corrected chi connectivity index (χ3v) is 4.03. The van der Waals surface area contributed by atoms with Gasteiger partial charge in [0, 0.05) is 17.6 Å². The summed E-state index contributed by atoms with van der Waals surface area (Å²) in [6.45, 7) is 2.18. The van der Waals surface area contributed by atoms with Crippen molar-refractivity contribution >= 4 is 34.2 Å². The quantitative estimate of drug-likeness (QED) is 0.898. The molecule has 1 unspecified atom stereocenters. The van der Waals surface area contributed by atoms with Crippen LogP contribution in [0.5, 0.6) is 5.75 Å². The molecule has 1 heterocycles.